The fourth-order valence-electron chi connectivity index (χ4n) is 1.72. The molecular formula is C12H9BrN2O2. The highest BCUT2D eigenvalue weighted by molar-refractivity contribution is 9.10. The number of nitriles is 1. The Bertz CT molecular complexity index is 625. The summed E-state index contributed by atoms with van der Waals surface area (Å²) in [6, 6.07) is 7.67. The van der Waals surface area contributed by atoms with E-state index in [9.17, 15) is 4.79 Å². The first-order valence-electron chi connectivity index (χ1n) is 4.92. The predicted octanol–water partition coefficient (Wildman–Crippen LogP) is 2.52. The highest BCUT2D eigenvalue weighted by Crippen LogP contribution is 2.26. The average molecular weight is 293 g/mol. The summed E-state index contributed by atoms with van der Waals surface area (Å²) in [5.74, 6) is -0.359. The third-order valence-corrected chi connectivity index (χ3v) is 3.02. The molecule has 4 nitrogen and oxygen atoms in total. The molecule has 0 aliphatic carbocycles. The molecule has 0 spiro atoms. The van der Waals surface area contributed by atoms with Gasteiger partial charge >= 0.3 is 5.97 Å². The number of hydrogen-bond donors (Lipinski definition) is 1. The Balaban J connectivity index is 2.61. The summed E-state index contributed by atoms with van der Waals surface area (Å²) in [5, 5.41) is 9.89. The molecule has 1 aromatic heterocycles. The lowest BCUT2D eigenvalue weighted by Crippen LogP contribution is -2.05. The first kappa shape index (κ1) is 11.7. The molecule has 0 saturated carbocycles. The minimum atomic E-state index is -0.359. The fraction of sp³-hybridized carbons (Fsp3) is 0.167. The number of nitrogens with zero attached hydrogens (tertiary/aromatic N) is 1. The predicted molar refractivity (Wildman–Crippen MR) is 66.4 cm³/mol. The second kappa shape index (κ2) is 4.60. The number of aromatic amines is 1. The van der Waals surface area contributed by atoms with Gasteiger partial charge < -0.3 is 9.72 Å². The minimum absolute atomic E-state index is 0.0931. The molecule has 17 heavy (non-hydrogen) atoms. The van der Waals surface area contributed by atoms with E-state index in [1.165, 1.54) is 7.11 Å². The number of benzene rings is 1. The van der Waals surface area contributed by atoms with E-state index in [0.717, 1.165) is 15.4 Å². The van der Waals surface area contributed by atoms with Crippen LogP contribution in [0.4, 0.5) is 0 Å². The van der Waals surface area contributed by atoms with Gasteiger partial charge in [0.05, 0.1) is 13.5 Å². The van der Waals surface area contributed by atoms with Gasteiger partial charge in [-0.2, -0.15) is 5.26 Å². The Morgan fingerprint density at radius 2 is 2.35 bits per heavy atom. The molecule has 0 aliphatic heterocycles. The highest BCUT2D eigenvalue weighted by atomic mass is 79.9. The van der Waals surface area contributed by atoms with Crippen LogP contribution in [0, 0.1) is 11.3 Å². The van der Waals surface area contributed by atoms with Crippen LogP contribution in [0.3, 0.4) is 0 Å². The van der Waals surface area contributed by atoms with Crippen molar-refractivity contribution in [2.75, 3.05) is 7.11 Å². The number of fused-ring (bicyclic) bond motifs is 1. The maximum Gasteiger partial charge on any atom is 0.310 e. The smallest absolute Gasteiger partial charge is 0.310 e. The third kappa shape index (κ3) is 2.17. The van der Waals surface area contributed by atoms with Gasteiger partial charge in [-0.15, -0.1) is 0 Å². The number of aromatic nitrogens is 1. The summed E-state index contributed by atoms with van der Waals surface area (Å²) in [7, 11) is 1.33. The number of nitrogens with one attached hydrogen (secondary N) is 1. The zero-order valence-corrected chi connectivity index (χ0v) is 10.7. The molecule has 1 N–H and O–H groups in total. The summed E-state index contributed by atoms with van der Waals surface area (Å²) >= 11 is 3.37. The summed E-state index contributed by atoms with van der Waals surface area (Å²) in [6.07, 6.45) is 0.0931. The van der Waals surface area contributed by atoms with E-state index in [-0.39, 0.29) is 12.4 Å². The van der Waals surface area contributed by atoms with Crippen LogP contribution in [-0.4, -0.2) is 18.1 Å². The molecule has 0 saturated heterocycles. The van der Waals surface area contributed by atoms with E-state index in [1.807, 2.05) is 18.2 Å². The van der Waals surface area contributed by atoms with Crippen molar-refractivity contribution in [3.63, 3.8) is 0 Å². The summed E-state index contributed by atoms with van der Waals surface area (Å²) in [4.78, 5) is 14.3. The zero-order valence-electron chi connectivity index (χ0n) is 9.08. The van der Waals surface area contributed by atoms with Crippen LogP contribution in [0.15, 0.2) is 22.7 Å². The van der Waals surface area contributed by atoms with E-state index >= 15 is 0 Å². The lowest BCUT2D eigenvalue weighted by atomic mass is 10.1. The average Bonchev–Trinajstić information content (AvgIpc) is 2.67. The fourth-order valence-corrected chi connectivity index (χ4v) is 2.08. The number of methoxy groups -OCH3 is 1. The number of carbonyl (C=O) groups is 1. The summed E-state index contributed by atoms with van der Waals surface area (Å²) < 4.78 is 5.53. The number of H-pyrrole nitrogens is 1. The zero-order chi connectivity index (χ0) is 12.4. The molecule has 0 aliphatic rings. The lowest BCUT2D eigenvalue weighted by Gasteiger charge is -1.99. The first-order chi connectivity index (χ1) is 8.15. The Labute approximate surface area is 106 Å². The Morgan fingerprint density at radius 3 is 3.00 bits per heavy atom. The largest absolute Gasteiger partial charge is 0.469 e. The van der Waals surface area contributed by atoms with Crippen molar-refractivity contribution < 1.29 is 9.53 Å². The van der Waals surface area contributed by atoms with Gasteiger partial charge in [-0.1, -0.05) is 15.9 Å². The van der Waals surface area contributed by atoms with Crippen molar-refractivity contribution in [3.8, 4) is 6.07 Å². The highest BCUT2D eigenvalue weighted by Gasteiger charge is 2.15. The lowest BCUT2D eigenvalue weighted by molar-refractivity contribution is -0.139. The van der Waals surface area contributed by atoms with Gasteiger partial charge in [-0.25, -0.2) is 0 Å². The molecule has 0 bridgehead atoms. The van der Waals surface area contributed by atoms with Crippen LogP contribution < -0.4 is 0 Å². The molecule has 0 amide bonds. The topological polar surface area (TPSA) is 65.9 Å². The molecule has 5 heteroatoms. The number of ether oxygens (including phenoxy) is 1. The van der Waals surface area contributed by atoms with Gasteiger partial charge in [-0.05, 0) is 18.2 Å². The van der Waals surface area contributed by atoms with Gasteiger partial charge in [0, 0.05) is 20.9 Å². The van der Waals surface area contributed by atoms with Crippen molar-refractivity contribution >= 4 is 32.8 Å². The monoisotopic (exact) mass is 292 g/mol. The van der Waals surface area contributed by atoms with Crippen molar-refractivity contribution in [2.24, 2.45) is 0 Å². The number of halogens is 1. The van der Waals surface area contributed by atoms with Gasteiger partial charge in [0.1, 0.15) is 11.8 Å². The second-order valence-corrected chi connectivity index (χ2v) is 4.45. The van der Waals surface area contributed by atoms with Crippen molar-refractivity contribution in [1.29, 1.82) is 5.26 Å². The Hall–Kier alpha value is -1.80. The van der Waals surface area contributed by atoms with Crippen LogP contribution in [0.5, 0.6) is 0 Å². The number of carbonyl (C=O) groups excluding carboxylic acids is 1. The van der Waals surface area contributed by atoms with Crippen molar-refractivity contribution in [3.05, 3.63) is 33.9 Å². The van der Waals surface area contributed by atoms with E-state index in [1.54, 1.807) is 0 Å². The van der Waals surface area contributed by atoms with Crippen molar-refractivity contribution in [1.82, 2.24) is 4.98 Å². The Morgan fingerprint density at radius 1 is 1.59 bits per heavy atom. The third-order valence-electron chi connectivity index (χ3n) is 2.53. The van der Waals surface area contributed by atoms with E-state index in [2.05, 4.69) is 31.7 Å². The molecule has 86 valence electrons. The molecular weight excluding hydrogens is 284 g/mol. The van der Waals surface area contributed by atoms with E-state index < -0.39 is 0 Å². The summed E-state index contributed by atoms with van der Waals surface area (Å²) in [6.45, 7) is 0. The van der Waals surface area contributed by atoms with Crippen LogP contribution in [-0.2, 0) is 16.0 Å². The van der Waals surface area contributed by atoms with Crippen molar-refractivity contribution in [2.45, 2.75) is 6.42 Å². The van der Waals surface area contributed by atoms with Crippen LogP contribution >= 0.6 is 15.9 Å². The maximum absolute atomic E-state index is 11.3. The number of hydrogen-bond acceptors (Lipinski definition) is 3. The molecule has 2 rings (SSSR count). The van der Waals surface area contributed by atoms with Gasteiger partial charge in [-0.3, -0.25) is 4.79 Å². The standard InChI is InChI=1S/C12H9BrN2O2/c1-17-12(16)5-9-8-4-7(13)2-3-10(8)15-11(9)6-14/h2-4,15H,5H2,1H3. The summed E-state index contributed by atoms with van der Waals surface area (Å²) in [5.41, 5.74) is 1.92. The number of esters is 1. The molecule has 1 heterocycles. The van der Waals surface area contributed by atoms with Crippen LogP contribution in [0.25, 0.3) is 10.9 Å². The van der Waals surface area contributed by atoms with E-state index in [4.69, 9.17) is 5.26 Å². The van der Waals surface area contributed by atoms with Gasteiger partial charge in [0.15, 0.2) is 0 Å². The molecule has 0 radical (unpaired) electrons. The number of rotatable bonds is 2. The maximum atomic E-state index is 11.3. The molecule has 0 atom stereocenters. The molecule has 0 unspecified atom stereocenters. The first-order valence-corrected chi connectivity index (χ1v) is 5.72. The second-order valence-electron chi connectivity index (χ2n) is 3.53. The normalized spacial score (nSPS) is 10.2. The molecule has 0 fully saturated rings. The van der Waals surface area contributed by atoms with E-state index in [0.29, 0.717) is 11.3 Å². The van der Waals surface area contributed by atoms with Gasteiger partial charge in [0.25, 0.3) is 0 Å². The SMILES string of the molecule is COC(=O)Cc1c(C#N)[nH]c2ccc(Br)cc12. The Kier molecular flexibility index (Phi) is 3.16. The van der Waals surface area contributed by atoms with Gasteiger partial charge in [0.2, 0.25) is 0 Å². The molecule has 1 aromatic carbocycles. The quantitative estimate of drug-likeness (QED) is 0.865. The minimum Gasteiger partial charge on any atom is -0.469 e. The van der Waals surface area contributed by atoms with Crippen LogP contribution in [0.2, 0.25) is 0 Å². The molecule has 2 aromatic rings. The van der Waals surface area contributed by atoms with Crippen LogP contribution in [0.1, 0.15) is 11.3 Å².